The normalized spacial score (nSPS) is 11.4. The quantitative estimate of drug-likeness (QED) is 0.0938. The first-order valence-electron chi connectivity index (χ1n) is 37.4. The van der Waals surface area contributed by atoms with Gasteiger partial charge in [0.25, 0.3) is 0 Å². The van der Waals surface area contributed by atoms with Crippen molar-refractivity contribution in [1.82, 2.24) is 73.9 Å². The number of fused-ring (bicyclic) bond motifs is 6. The van der Waals surface area contributed by atoms with Gasteiger partial charge in [0.1, 0.15) is 6.07 Å². The highest BCUT2D eigenvalue weighted by Crippen LogP contribution is 2.45. The molecular weight excluding hydrogens is 1400 g/mol. The summed E-state index contributed by atoms with van der Waals surface area (Å²) in [5.74, 6) is 6.09. The molecule has 0 aliphatic heterocycles. The van der Waals surface area contributed by atoms with E-state index in [1.165, 1.54) is 0 Å². The van der Waals surface area contributed by atoms with Crippen molar-refractivity contribution >= 4 is 43.6 Å². The van der Waals surface area contributed by atoms with Crippen LogP contribution in [0.5, 0.6) is 0 Å². The Bertz CT molecular complexity index is 6540. The van der Waals surface area contributed by atoms with Crippen molar-refractivity contribution in [1.29, 1.82) is 5.26 Å². The molecule has 0 radical (unpaired) electrons. The second kappa shape index (κ2) is 28.6. The van der Waals surface area contributed by atoms with Gasteiger partial charge in [-0.2, -0.15) is 5.26 Å². The molecule has 13 aromatic carbocycles. The lowest BCUT2D eigenvalue weighted by Gasteiger charge is -2.20. The van der Waals surface area contributed by atoms with E-state index < -0.39 is 0 Å². The Morgan fingerprint density at radius 3 is 0.632 bits per heavy atom. The lowest BCUT2D eigenvalue weighted by Crippen LogP contribution is -2.05. The summed E-state index contributed by atoms with van der Waals surface area (Å²) < 4.78 is 4.47. The molecule has 0 amide bonds. The maximum Gasteiger partial charge on any atom is 0.164 e. The summed E-state index contributed by atoms with van der Waals surface area (Å²) in [6, 6.07) is 116. The molecule has 0 aliphatic rings. The first-order valence-corrected chi connectivity index (χ1v) is 37.4. The fourth-order valence-electron chi connectivity index (χ4n) is 15.1. The minimum atomic E-state index is 0.360. The fourth-order valence-corrected chi connectivity index (χ4v) is 15.1. The van der Waals surface area contributed by atoms with Gasteiger partial charge >= 0.3 is 0 Å². The summed E-state index contributed by atoms with van der Waals surface area (Å²) in [5, 5.41) is 16.1. The molecular formula is C98H62N16. The molecule has 0 saturated heterocycles. The van der Waals surface area contributed by atoms with E-state index in [1.807, 2.05) is 263 Å². The van der Waals surface area contributed by atoms with Gasteiger partial charge < -0.3 is 9.13 Å². The van der Waals surface area contributed by atoms with Crippen LogP contribution in [-0.4, -0.2) is 73.9 Å². The number of pyridine rings is 1. The summed E-state index contributed by atoms with van der Waals surface area (Å²) in [4.78, 5) is 67.5. The predicted octanol–water partition coefficient (Wildman–Crippen LogP) is 22.2. The number of hydrogen-bond acceptors (Lipinski definition) is 14. The number of aryl methyl sites for hydroxylation is 2. The second-order valence-corrected chi connectivity index (χ2v) is 27.9. The molecule has 0 saturated carbocycles. The second-order valence-electron chi connectivity index (χ2n) is 27.9. The average Bonchev–Trinajstić information content (AvgIpc) is 1.56. The van der Waals surface area contributed by atoms with Crippen LogP contribution in [0.1, 0.15) is 17.0 Å². The van der Waals surface area contributed by atoms with Crippen LogP contribution in [0.4, 0.5) is 0 Å². The van der Waals surface area contributed by atoms with Crippen LogP contribution in [0.25, 0.3) is 203 Å². The van der Waals surface area contributed by atoms with E-state index in [-0.39, 0.29) is 0 Å². The van der Waals surface area contributed by atoms with Gasteiger partial charge in [-0.15, -0.1) is 0 Å². The molecule has 20 rings (SSSR count). The van der Waals surface area contributed by atoms with Gasteiger partial charge in [0.05, 0.1) is 39.0 Å². The maximum atomic E-state index is 12.5. The Morgan fingerprint density at radius 2 is 0.412 bits per heavy atom. The molecule has 7 aromatic heterocycles. The Balaban J connectivity index is 0.875. The van der Waals surface area contributed by atoms with Crippen LogP contribution >= 0.6 is 0 Å². The van der Waals surface area contributed by atoms with E-state index in [9.17, 15) is 5.26 Å². The number of aromatic nitrogens is 15. The molecule has 0 bridgehead atoms. The summed E-state index contributed by atoms with van der Waals surface area (Å²) in [7, 11) is 0. The van der Waals surface area contributed by atoms with Gasteiger partial charge in [0.15, 0.2) is 69.9 Å². The van der Waals surface area contributed by atoms with Gasteiger partial charge in [-0.1, -0.05) is 291 Å². The number of rotatable bonds is 15. The van der Waals surface area contributed by atoms with E-state index in [0.29, 0.717) is 86.8 Å². The standard InChI is InChI=1S/C98H62N16/c1-60-51-74(52-61(2)100-60)80-58-81(113-82-53-70(95-105-87(62-27-11-3-12-28-62)101-88(106-95)63-29-13-4-14-30-63)43-47-76(82)77-48-44-71(54-83(77)113)96-107-89(64-31-15-5-16-32-64)102-90(108-96)65-33-17-6-18-34-65)75(59-99)57-86(80)114-84-55-72(97-109-91(66-35-19-7-20-36-66)103-92(110-97)67-37-21-8-22-38-67)45-49-78(84)79-50-46-73(56-85(79)114)98-111-93(68-39-23-9-24-40-68)104-94(112-98)69-41-25-10-26-42-69/h3-58H,1-2H3. The molecule has 0 atom stereocenters. The predicted molar refractivity (Wildman–Crippen MR) is 451 cm³/mol. The lowest BCUT2D eigenvalue weighted by molar-refractivity contribution is 1.07. The zero-order chi connectivity index (χ0) is 76.2. The zero-order valence-electron chi connectivity index (χ0n) is 61.5. The van der Waals surface area contributed by atoms with Crippen molar-refractivity contribution in [3.63, 3.8) is 0 Å². The van der Waals surface area contributed by atoms with Crippen LogP contribution in [0.3, 0.4) is 0 Å². The highest BCUT2D eigenvalue weighted by Gasteiger charge is 2.27. The summed E-state index contributed by atoms with van der Waals surface area (Å²) in [5.41, 5.74) is 17.8. The molecule has 0 aliphatic carbocycles. The van der Waals surface area contributed by atoms with Gasteiger partial charge in [0, 0.05) is 105 Å². The number of nitrogens with zero attached hydrogens (tertiary/aromatic N) is 16. The molecule has 7 heterocycles. The summed E-state index contributed by atoms with van der Waals surface area (Å²) in [6.45, 7) is 4.03. The third-order valence-electron chi connectivity index (χ3n) is 20.5. The minimum absolute atomic E-state index is 0.360. The van der Waals surface area contributed by atoms with Crippen molar-refractivity contribution in [2.45, 2.75) is 13.8 Å². The Morgan fingerprint density at radius 1 is 0.202 bits per heavy atom. The van der Waals surface area contributed by atoms with Gasteiger partial charge in [-0.05, 0) is 67.9 Å². The van der Waals surface area contributed by atoms with Gasteiger partial charge in [-0.3, -0.25) is 4.98 Å². The van der Waals surface area contributed by atoms with E-state index in [2.05, 4.69) is 106 Å². The molecule has 0 N–H and O–H groups in total. The number of hydrogen-bond donors (Lipinski definition) is 0. The molecule has 534 valence electrons. The third kappa shape index (κ3) is 12.7. The topological polar surface area (TPSA) is 201 Å². The van der Waals surface area contributed by atoms with Crippen molar-refractivity contribution in [3.8, 4) is 165 Å². The highest BCUT2D eigenvalue weighted by atomic mass is 15.1. The van der Waals surface area contributed by atoms with Crippen LogP contribution < -0.4 is 0 Å². The molecule has 0 fully saturated rings. The van der Waals surface area contributed by atoms with Crippen molar-refractivity contribution in [2.24, 2.45) is 0 Å². The minimum Gasteiger partial charge on any atom is -0.309 e. The average molecular weight is 1460 g/mol. The van der Waals surface area contributed by atoms with Crippen molar-refractivity contribution < 1.29 is 0 Å². The van der Waals surface area contributed by atoms with Gasteiger partial charge in [-0.25, -0.2) is 59.8 Å². The van der Waals surface area contributed by atoms with Crippen molar-refractivity contribution in [2.75, 3.05) is 0 Å². The summed E-state index contributed by atoms with van der Waals surface area (Å²) >= 11 is 0. The largest absolute Gasteiger partial charge is 0.309 e. The number of nitriles is 1. The van der Waals surface area contributed by atoms with E-state index in [0.717, 1.165) is 133 Å². The van der Waals surface area contributed by atoms with E-state index in [1.54, 1.807) is 0 Å². The SMILES string of the molecule is Cc1cc(-c2cc(-n3c4cc(-c5nc(-c6ccccc6)nc(-c6ccccc6)n5)ccc4c4ccc(-c5nc(-c6ccccc6)nc(-c6ccccc6)n5)cc43)c(C#N)cc2-n2c3cc(-c4nc(-c5ccccc5)nc(-c5ccccc5)n4)ccc3c3ccc(-c4nc(-c5ccccc5)nc(-c5ccccc5)n4)cc32)cc(C)n1. The van der Waals surface area contributed by atoms with Crippen molar-refractivity contribution in [3.05, 3.63) is 357 Å². The smallest absolute Gasteiger partial charge is 0.164 e. The number of benzene rings is 13. The lowest BCUT2D eigenvalue weighted by atomic mass is 9.98. The Labute approximate surface area is 654 Å². The Hall–Kier alpha value is -15.9. The molecule has 20 aromatic rings. The zero-order valence-corrected chi connectivity index (χ0v) is 61.5. The Kier molecular flexibility index (Phi) is 16.9. The summed E-state index contributed by atoms with van der Waals surface area (Å²) in [6.07, 6.45) is 0. The molecule has 16 heteroatoms. The fraction of sp³-hybridized carbons (Fsp3) is 0.0204. The monoisotopic (exact) mass is 1460 g/mol. The first kappa shape index (κ1) is 67.5. The van der Waals surface area contributed by atoms with Crippen LogP contribution in [0.2, 0.25) is 0 Å². The third-order valence-corrected chi connectivity index (χ3v) is 20.5. The highest BCUT2D eigenvalue weighted by molar-refractivity contribution is 6.13. The van der Waals surface area contributed by atoms with E-state index >= 15 is 0 Å². The molecule has 0 spiro atoms. The molecule has 0 unspecified atom stereocenters. The van der Waals surface area contributed by atoms with Crippen LogP contribution in [0, 0.1) is 25.2 Å². The first-order chi connectivity index (χ1) is 56.2. The molecule has 16 nitrogen and oxygen atoms in total. The van der Waals surface area contributed by atoms with Gasteiger partial charge in [0.2, 0.25) is 0 Å². The van der Waals surface area contributed by atoms with Crippen LogP contribution in [-0.2, 0) is 0 Å². The maximum absolute atomic E-state index is 12.5. The molecule has 114 heavy (non-hydrogen) atoms. The van der Waals surface area contributed by atoms with Crippen LogP contribution in [0.15, 0.2) is 340 Å². The van der Waals surface area contributed by atoms with E-state index in [4.69, 9.17) is 64.8 Å².